The van der Waals surface area contributed by atoms with Crippen molar-refractivity contribution < 1.29 is 14.6 Å². The van der Waals surface area contributed by atoms with E-state index in [1.807, 2.05) is 5.01 Å². The second-order valence-electron chi connectivity index (χ2n) is 6.17. The number of hydrazone groups is 1. The van der Waals surface area contributed by atoms with Crippen LogP contribution in [0.15, 0.2) is 47.6 Å². The molecular weight excluding hydrogens is 356 g/mol. The summed E-state index contributed by atoms with van der Waals surface area (Å²) in [6, 6.07) is 11.6. The molecule has 0 aromatic heterocycles. The molecule has 0 atom stereocenters. The monoisotopic (exact) mass is 375 g/mol. The Morgan fingerprint density at radius 3 is 2.65 bits per heavy atom. The van der Waals surface area contributed by atoms with Gasteiger partial charge in [-0.2, -0.15) is 5.10 Å². The van der Waals surface area contributed by atoms with Gasteiger partial charge < -0.3 is 9.64 Å². The van der Waals surface area contributed by atoms with Crippen LogP contribution in [0.25, 0.3) is 0 Å². The van der Waals surface area contributed by atoms with Crippen LogP contribution in [-0.4, -0.2) is 49.4 Å². The smallest absolute Gasteiger partial charge is 0.312 e. The average molecular weight is 376 g/mol. The van der Waals surface area contributed by atoms with Gasteiger partial charge in [-0.15, -0.1) is 0 Å². The van der Waals surface area contributed by atoms with Crippen LogP contribution in [0.4, 0.5) is 5.69 Å². The Hall–Kier alpha value is -2.64. The molecule has 0 saturated carbocycles. The number of hydrogen-bond donors (Lipinski definition) is 1. The third-order valence-corrected chi connectivity index (χ3v) is 4.51. The molecule has 1 aliphatic rings. The quantitative estimate of drug-likeness (QED) is 0.494. The molecule has 8 heteroatoms. The number of benzene rings is 2. The summed E-state index contributed by atoms with van der Waals surface area (Å²) < 4.78 is 5.63. The summed E-state index contributed by atoms with van der Waals surface area (Å²) in [5.74, 6) is 0.516. The number of para-hydroxylation sites is 1. The van der Waals surface area contributed by atoms with Gasteiger partial charge in [0.15, 0.2) is 0 Å². The summed E-state index contributed by atoms with van der Waals surface area (Å²) in [5.41, 5.74) is 0.520. The van der Waals surface area contributed by atoms with E-state index in [0.717, 1.165) is 26.2 Å². The SMILES string of the molecule is C[NH+]1CCN(/N=C\c2ccc(Oc3ccccc3Cl)c([N+](=O)[O-])c2)CC1. The first-order chi connectivity index (χ1) is 12.5. The second kappa shape index (κ2) is 8.16. The zero-order chi connectivity index (χ0) is 18.5. The summed E-state index contributed by atoms with van der Waals surface area (Å²) in [6.07, 6.45) is 1.65. The number of quaternary nitrogens is 1. The van der Waals surface area contributed by atoms with Crippen molar-refractivity contribution in [2.75, 3.05) is 33.2 Å². The van der Waals surface area contributed by atoms with Gasteiger partial charge in [-0.05, 0) is 24.3 Å². The van der Waals surface area contributed by atoms with Crippen molar-refractivity contribution in [2.45, 2.75) is 0 Å². The number of nitro benzene ring substituents is 1. The number of halogens is 1. The summed E-state index contributed by atoms with van der Waals surface area (Å²) in [7, 11) is 2.15. The largest absolute Gasteiger partial charge is 0.449 e. The third-order valence-electron chi connectivity index (χ3n) is 4.20. The van der Waals surface area contributed by atoms with Crippen LogP contribution in [0.5, 0.6) is 11.5 Å². The van der Waals surface area contributed by atoms with E-state index in [1.165, 1.54) is 11.0 Å². The fourth-order valence-corrected chi connectivity index (χ4v) is 2.80. The highest BCUT2D eigenvalue weighted by Crippen LogP contribution is 2.35. The maximum Gasteiger partial charge on any atom is 0.312 e. The summed E-state index contributed by atoms with van der Waals surface area (Å²) >= 11 is 6.06. The number of hydrogen-bond acceptors (Lipinski definition) is 5. The molecule has 1 aliphatic heterocycles. The maximum absolute atomic E-state index is 11.4. The molecule has 0 aliphatic carbocycles. The van der Waals surface area contributed by atoms with Crippen LogP contribution in [0, 0.1) is 10.1 Å². The minimum absolute atomic E-state index is 0.128. The number of nitrogens with zero attached hydrogens (tertiary/aromatic N) is 3. The highest BCUT2D eigenvalue weighted by molar-refractivity contribution is 6.32. The molecule has 26 heavy (non-hydrogen) atoms. The Labute approximate surface area is 156 Å². The van der Waals surface area contributed by atoms with Gasteiger partial charge >= 0.3 is 5.69 Å². The van der Waals surface area contributed by atoms with Crippen molar-refractivity contribution in [3.63, 3.8) is 0 Å². The number of nitro groups is 1. The molecule has 0 radical (unpaired) electrons. The van der Waals surface area contributed by atoms with Crippen LogP contribution in [0.3, 0.4) is 0 Å². The van der Waals surface area contributed by atoms with Gasteiger partial charge in [-0.3, -0.25) is 15.1 Å². The van der Waals surface area contributed by atoms with Gasteiger partial charge in [0.2, 0.25) is 5.75 Å². The van der Waals surface area contributed by atoms with E-state index in [4.69, 9.17) is 16.3 Å². The summed E-state index contributed by atoms with van der Waals surface area (Å²) in [4.78, 5) is 12.4. The second-order valence-corrected chi connectivity index (χ2v) is 6.58. The Balaban J connectivity index is 1.78. The van der Waals surface area contributed by atoms with Gasteiger partial charge in [0.1, 0.15) is 5.75 Å². The first kappa shape index (κ1) is 18.2. The van der Waals surface area contributed by atoms with E-state index in [-0.39, 0.29) is 11.4 Å². The van der Waals surface area contributed by atoms with Crippen LogP contribution in [-0.2, 0) is 0 Å². The van der Waals surface area contributed by atoms with Crippen molar-refractivity contribution in [3.05, 3.63) is 63.2 Å². The number of ether oxygens (including phenoxy) is 1. The fraction of sp³-hybridized carbons (Fsp3) is 0.278. The molecule has 1 heterocycles. The summed E-state index contributed by atoms with van der Waals surface area (Å²) in [6.45, 7) is 3.81. The van der Waals surface area contributed by atoms with Gasteiger partial charge in [-0.1, -0.05) is 23.7 Å². The van der Waals surface area contributed by atoms with E-state index in [9.17, 15) is 10.1 Å². The first-order valence-corrected chi connectivity index (χ1v) is 8.72. The minimum atomic E-state index is -0.470. The Bertz CT molecular complexity index is 820. The number of likely N-dealkylation sites (N-methyl/N-ethyl adjacent to an activating group) is 1. The van der Waals surface area contributed by atoms with Crippen molar-refractivity contribution in [1.29, 1.82) is 0 Å². The van der Waals surface area contributed by atoms with Crippen LogP contribution in [0.2, 0.25) is 5.02 Å². The Morgan fingerprint density at radius 2 is 1.96 bits per heavy atom. The molecule has 0 spiro atoms. The zero-order valence-electron chi connectivity index (χ0n) is 14.4. The lowest BCUT2D eigenvalue weighted by molar-refractivity contribution is -0.884. The van der Waals surface area contributed by atoms with Crippen molar-refractivity contribution >= 4 is 23.5 Å². The molecule has 2 aromatic rings. The van der Waals surface area contributed by atoms with Crippen LogP contribution >= 0.6 is 11.6 Å². The fourth-order valence-electron chi connectivity index (χ4n) is 2.63. The van der Waals surface area contributed by atoms with E-state index in [1.54, 1.807) is 42.6 Å². The zero-order valence-corrected chi connectivity index (χ0v) is 15.1. The predicted molar refractivity (Wildman–Crippen MR) is 100 cm³/mol. The number of nitrogens with one attached hydrogen (secondary N) is 1. The first-order valence-electron chi connectivity index (χ1n) is 8.34. The van der Waals surface area contributed by atoms with Gasteiger partial charge in [0.25, 0.3) is 0 Å². The van der Waals surface area contributed by atoms with Crippen molar-refractivity contribution in [2.24, 2.45) is 5.10 Å². The third kappa shape index (κ3) is 4.50. The van der Waals surface area contributed by atoms with Crippen LogP contribution in [0.1, 0.15) is 5.56 Å². The molecular formula is C18H20ClN4O3+. The average Bonchev–Trinajstić information content (AvgIpc) is 2.64. The van der Waals surface area contributed by atoms with E-state index < -0.39 is 4.92 Å². The van der Waals surface area contributed by atoms with Gasteiger partial charge in [0.05, 0.1) is 49.4 Å². The Kier molecular flexibility index (Phi) is 5.70. The lowest BCUT2D eigenvalue weighted by Crippen LogP contribution is -3.11. The lowest BCUT2D eigenvalue weighted by Gasteiger charge is -2.27. The highest BCUT2D eigenvalue weighted by atomic mass is 35.5. The van der Waals surface area contributed by atoms with E-state index in [2.05, 4.69) is 12.1 Å². The van der Waals surface area contributed by atoms with E-state index in [0.29, 0.717) is 16.3 Å². The lowest BCUT2D eigenvalue weighted by atomic mass is 10.2. The van der Waals surface area contributed by atoms with Crippen LogP contribution < -0.4 is 9.64 Å². The molecule has 136 valence electrons. The molecule has 1 N–H and O–H groups in total. The van der Waals surface area contributed by atoms with Gasteiger partial charge in [-0.25, -0.2) is 0 Å². The van der Waals surface area contributed by atoms with Gasteiger partial charge in [0, 0.05) is 11.6 Å². The molecule has 0 amide bonds. The Morgan fingerprint density at radius 1 is 1.23 bits per heavy atom. The standard InChI is InChI=1S/C18H19ClN4O3/c1-21-8-10-22(11-9-21)20-13-14-6-7-18(16(12-14)23(24)25)26-17-5-3-2-4-15(17)19/h2-7,12-13H,8-11H2,1H3/p+1/b20-13-. The van der Waals surface area contributed by atoms with E-state index >= 15 is 0 Å². The molecule has 1 fully saturated rings. The highest BCUT2D eigenvalue weighted by Gasteiger charge is 2.18. The van der Waals surface area contributed by atoms with Crippen molar-refractivity contribution in [3.8, 4) is 11.5 Å². The number of piperazine rings is 1. The normalized spacial score (nSPS) is 15.4. The number of rotatable bonds is 5. The molecule has 0 unspecified atom stereocenters. The maximum atomic E-state index is 11.4. The molecule has 2 aromatic carbocycles. The molecule has 7 nitrogen and oxygen atoms in total. The minimum Gasteiger partial charge on any atom is -0.449 e. The summed E-state index contributed by atoms with van der Waals surface area (Å²) in [5, 5.41) is 18.2. The molecule has 3 rings (SSSR count). The van der Waals surface area contributed by atoms with Crippen molar-refractivity contribution in [1.82, 2.24) is 5.01 Å². The molecule has 0 bridgehead atoms. The predicted octanol–water partition coefficient (Wildman–Crippen LogP) is 2.20. The topological polar surface area (TPSA) is 72.4 Å². The molecule has 1 saturated heterocycles.